The van der Waals surface area contributed by atoms with Crippen molar-refractivity contribution in [3.05, 3.63) is 49.3 Å². The van der Waals surface area contributed by atoms with Gasteiger partial charge in [0.05, 0.1) is 25.1 Å². The third-order valence-electron chi connectivity index (χ3n) is 0.851. The van der Waals surface area contributed by atoms with Crippen LogP contribution in [0.3, 0.4) is 0 Å². The fourth-order valence-corrected chi connectivity index (χ4v) is 0.454. The van der Waals surface area contributed by atoms with Gasteiger partial charge in [0.15, 0.2) is 0 Å². The largest absolute Gasteiger partial charge is 0.473 e. The standard InChI is InChI=1S/2C4H4O.C2H6/c2*1-2-4-5-3-1;1-2/h2*1-4H;1-2H3. The van der Waals surface area contributed by atoms with Crippen LogP contribution in [0.1, 0.15) is 13.8 Å². The van der Waals surface area contributed by atoms with E-state index in [1.807, 2.05) is 38.1 Å². The lowest BCUT2D eigenvalue weighted by Gasteiger charge is -1.50. The first kappa shape index (κ1) is 10.6. The molecule has 0 fully saturated rings. The maximum atomic E-state index is 4.58. The molecule has 2 aromatic rings. The molecule has 0 unspecified atom stereocenters. The lowest BCUT2D eigenvalue weighted by Crippen LogP contribution is -1.16. The molecule has 12 heavy (non-hydrogen) atoms. The van der Waals surface area contributed by atoms with Gasteiger partial charge in [0, 0.05) is 0 Å². The summed E-state index contributed by atoms with van der Waals surface area (Å²) < 4.78 is 9.17. The van der Waals surface area contributed by atoms with Gasteiger partial charge in [-0.05, 0) is 24.3 Å². The van der Waals surface area contributed by atoms with Crippen LogP contribution in [-0.4, -0.2) is 0 Å². The van der Waals surface area contributed by atoms with Gasteiger partial charge in [0.1, 0.15) is 0 Å². The fraction of sp³-hybridized carbons (Fsp3) is 0.200. The Morgan fingerprint density at radius 2 is 0.833 bits per heavy atom. The topological polar surface area (TPSA) is 26.3 Å². The quantitative estimate of drug-likeness (QED) is 0.597. The van der Waals surface area contributed by atoms with Crippen molar-refractivity contribution >= 4 is 0 Å². The van der Waals surface area contributed by atoms with Crippen molar-refractivity contribution in [2.24, 2.45) is 0 Å². The van der Waals surface area contributed by atoms with Crippen LogP contribution in [0, 0.1) is 0 Å². The van der Waals surface area contributed by atoms with Gasteiger partial charge >= 0.3 is 0 Å². The Balaban J connectivity index is 0.000000168. The van der Waals surface area contributed by atoms with Gasteiger partial charge in [0.2, 0.25) is 0 Å². The predicted octanol–water partition coefficient (Wildman–Crippen LogP) is 3.59. The van der Waals surface area contributed by atoms with Gasteiger partial charge < -0.3 is 8.83 Å². The summed E-state index contributed by atoms with van der Waals surface area (Å²) in [6, 6.07) is 7.33. The number of hydrogen-bond acceptors (Lipinski definition) is 2. The molecule has 0 saturated carbocycles. The SMILES string of the molecule is CC.c1ccoc1.c1ccoc1. The second-order valence-electron chi connectivity index (χ2n) is 1.59. The summed E-state index contributed by atoms with van der Waals surface area (Å²) in [6.07, 6.45) is 6.50. The zero-order chi connectivity index (χ0) is 9.07. The molecule has 0 N–H and O–H groups in total. The minimum atomic E-state index is 1.62. The predicted molar refractivity (Wildman–Crippen MR) is 48.8 cm³/mol. The first-order valence-electron chi connectivity index (χ1n) is 3.94. The Kier molecular flexibility index (Phi) is 8.41. The molecule has 2 nitrogen and oxygen atoms in total. The van der Waals surface area contributed by atoms with E-state index < -0.39 is 0 Å². The van der Waals surface area contributed by atoms with Crippen LogP contribution >= 0.6 is 0 Å². The minimum Gasteiger partial charge on any atom is -0.473 e. The highest BCUT2D eigenvalue weighted by atomic mass is 16.3. The van der Waals surface area contributed by atoms with E-state index >= 15 is 0 Å². The molecule has 0 aliphatic carbocycles. The molecule has 0 aliphatic heterocycles. The second-order valence-corrected chi connectivity index (χ2v) is 1.59. The van der Waals surface area contributed by atoms with E-state index in [1.165, 1.54) is 0 Å². The van der Waals surface area contributed by atoms with Crippen molar-refractivity contribution in [3.8, 4) is 0 Å². The van der Waals surface area contributed by atoms with Gasteiger partial charge in [-0.25, -0.2) is 0 Å². The molecule has 0 atom stereocenters. The zero-order valence-corrected chi connectivity index (χ0v) is 7.44. The lowest BCUT2D eigenvalue weighted by atomic mass is 10.7. The first-order chi connectivity index (χ1) is 6.00. The monoisotopic (exact) mass is 166 g/mol. The van der Waals surface area contributed by atoms with E-state index in [4.69, 9.17) is 0 Å². The van der Waals surface area contributed by atoms with Crippen LogP contribution in [-0.2, 0) is 0 Å². The zero-order valence-electron chi connectivity index (χ0n) is 7.44. The second kappa shape index (κ2) is 9.56. The number of furan rings is 2. The highest BCUT2D eigenvalue weighted by molar-refractivity contribution is 4.79. The molecular weight excluding hydrogens is 152 g/mol. The lowest BCUT2D eigenvalue weighted by molar-refractivity contribution is 0.567. The number of rotatable bonds is 0. The molecular formula is C10H14O2. The normalized spacial score (nSPS) is 7.17. The summed E-state index contributed by atoms with van der Waals surface area (Å²) >= 11 is 0. The summed E-state index contributed by atoms with van der Waals surface area (Å²) in [5.74, 6) is 0. The molecule has 2 rings (SSSR count). The average molecular weight is 166 g/mol. The molecule has 0 aliphatic rings. The van der Waals surface area contributed by atoms with Crippen molar-refractivity contribution < 1.29 is 8.83 Å². The maximum absolute atomic E-state index is 4.58. The molecule has 2 heteroatoms. The van der Waals surface area contributed by atoms with Crippen LogP contribution in [0.5, 0.6) is 0 Å². The van der Waals surface area contributed by atoms with Crippen molar-refractivity contribution in [2.45, 2.75) is 13.8 Å². The molecule has 0 radical (unpaired) electrons. The minimum absolute atomic E-state index is 1.62. The Morgan fingerprint density at radius 3 is 0.917 bits per heavy atom. The maximum Gasteiger partial charge on any atom is 0.0902 e. The van der Waals surface area contributed by atoms with E-state index in [1.54, 1.807) is 25.1 Å². The van der Waals surface area contributed by atoms with E-state index in [0.29, 0.717) is 0 Å². The van der Waals surface area contributed by atoms with E-state index in [-0.39, 0.29) is 0 Å². The molecule has 0 bridgehead atoms. The number of hydrogen-bond donors (Lipinski definition) is 0. The van der Waals surface area contributed by atoms with Crippen molar-refractivity contribution in [3.63, 3.8) is 0 Å². The van der Waals surface area contributed by atoms with E-state index in [0.717, 1.165) is 0 Å². The summed E-state index contributed by atoms with van der Waals surface area (Å²) in [5.41, 5.74) is 0. The molecule has 0 saturated heterocycles. The molecule has 0 spiro atoms. The fourth-order valence-electron chi connectivity index (χ4n) is 0.454. The highest BCUT2D eigenvalue weighted by Crippen LogP contribution is 1.80. The van der Waals surface area contributed by atoms with Crippen LogP contribution in [0.25, 0.3) is 0 Å². The Bertz CT molecular complexity index is 147. The third kappa shape index (κ3) is 6.68. The molecule has 0 aromatic carbocycles. The van der Waals surface area contributed by atoms with Crippen LogP contribution < -0.4 is 0 Å². The summed E-state index contributed by atoms with van der Waals surface area (Å²) in [4.78, 5) is 0. The first-order valence-corrected chi connectivity index (χ1v) is 3.94. The van der Waals surface area contributed by atoms with Gasteiger partial charge in [-0.1, -0.05) is 13.8 Å². The third-order valence-corrected chi connectivity index (χ3v) is 0.851. The summed E-state index contributed by atoms with van der Waals surface area (Å²) in [7, 11) is 0. The van der Waals surface area contributed by atoms with E-state index in [9.17, 15) is 0 Å². The molecule has 0 amide bonds. The smallest absolute Gasteiger partial charge is 0.0902 e. The highest BCUT2D eigenvalue weighted by Gasteiger charge is 1.59. The van der Waals surface area contributed by atoms with Crippen molar-refractivity contribution in [1.29, 1.82) is 0 Å². The van der Waals surface area contributed by atoms with Gasteiger partial charge in [-0.15, -0.1) is 0 Å². The Morgan fingerprint density at radius 1 is 0.583 bits per heavy atom. The molecule has 2 heterocycles. The van der Waals surface area contributed by atoms with Crippen molar-refractivity contribution in [2.75, 3.05) is 0 Å². The van der Waals surface area contributed by atoms with Gasteiger partial charge in [0.25, 0.3) is 0 Å². The van der Waals surface area contributed by atoms with Crippen LogP contribution in [0.2, 0.25) is 0 Å². The Labute approximate surface area is 72.8 Å². The van der Waals surface area contributed by atoms with Crippen LogP contribution in [0.4, 0.5) is 0 Å². The van der Waals surface area contributed by atoms with Crippen LogP contribution in [0.15, 0.2) is 58.2 Å². The van der Waals surface area contributed by atoms with Gasteiger partial charge in [-0.2, -0.15) is 0 Å². The average Bonchev–Trinajstić information content (AvgIpc) is 2.87. The van der Waals surface area contributed by atoms with E-state index in [2.05, 4.69) is 8.83 Å². The Hall–Kier alpha value is -1.44. The van der Waals surface area contributed by atoms with Gasteiger partial charge in [-0.3, -0.25) is 0 Å². The molecule has 2 aromatic heterocycles. The summed E-state index contributed by atoms with van der Waals surface area (Å²) in [5, 5.41) is 0. The summed E-state index contributed by atoms with van der Waals surface area (Å²) in [6.45, 7) is 4.00. The van der Waals surface area contributed by atoms with Crippen molar-refractivity contribution in [1.82, 2.24) is 0 Å². The molecule has 66 valence electrons.